The monoisotopic (exact) mass is 254 g/mol. The van der Waals surface area contributed by atoms with E-state index < -0.39 is 5.54 Å². The first-order valence-electron chi connectivity index (χ1n) is 6.86. The number of hydrogen-bond donors (Lipinski definition) is 3. The molecule has 4 N–H and O–H groups in total. The molecule has 0 spiro atoms. The van der Waals surface area contributed by atoms with Crippen molar-refractivity contribution < 1.29 is 4.79 Å². The minimum atomic E-state index is -0.619. The lowest BCUT2D eigenvalue weighted by Crippen LogP contribution is -2.61. The van der Waals surface area contributed by atoms with Crippen LogP contribution in [0.4, 0.5) is 4.79 Å². The van der Waals surface area contributed by atoms with Gasteiger partial charge in [-0.2, -0.15) is 0 Å². The van der Waals surface area contributed by atoms with Gasteiger partial charge in [-0.25, -0.2) is 4.79 Å². The Balaban J connectivity index is 2.75. The Morgan fingerprint density at radius 1 is 1.39 bits per heavy atom. The van der Waals surface area contributed by atoms with Crippen LogP contribution in [-0.2, 0) is 0 Å². The SMILES string of the molecule is CCN(CC)C(=O)NC1(C(=N)N)CCC(C)CC1. The van der Waals surface area contributed by atoms with Gasteiger partial charge in [0.2, 0.25) is 0 Å². The lowest BCUT2D eigenvalue weighted by Gasteiger charge is -2.40. The molecular formula is C13H26N4O. The zero-order valence-electron chi connectivity index (χ0n) is 11.8. The molecule has 0 aromatic rings. The number of nitrogens with zero attached hydrogens (tertiary/aromatic N) is 1. The molecule has 0 aliphatic heterocycles. The number of nitrogens with two attached hydrogens (primary N) is 1. The number of urea groups is 1. The fourth-order valence-electron chi connectivity index (χ4n) is 2.51. The van der Waals surface area contributed by atoms with Crippen molar-refractivity contribution in [1.29, 1.82) is 5.41 Å². The number of amides is 2. The van der Waals surface area contributed by atoms with Crippen LogP contribution in [0.2, 0.25) is 0 Å². The van der Waals surface area contributed by atoms with Crippen molar-refractivity contribution in [3.05, 3.63) is 0 Å². The maximum atomic E-state index is 12.1. The standard InChI is InChI=1S/C13H26N4O/c1-4-17(5-2)12(18)16-13(11(14)15)8-6-10(3)7-9-13/h10H,4-9H2,1-3H3,(H3,14,15)(H,16,18). The van der Waals surface area contributed by atoms with Gasteiger partial charge in [0.05, 0.1) is 5.54 Å². The van der Waals surface area contributed by atoms with Crippen LogP contribution in [0.1, 0.15) is 46.5 Å². The van der Waals surface area contributed by atoms with Gasteiger partial charge in [-0.15, -0.1) is 0 Å². The summed E-state index contributed by atoms with van der Waals surface area (Å²) in [7, 11) is 0. The molecule has 0 unspecified atom stereocenters. The molecule has 0 saturated heterocycles. The maximum Gasteiger partial charge on any atom is 0.318 e. The molecule has 0 bridgehead atoms. The second kappa shape index (κ2) is 6.07. The Labute approximate surface area is 110 Å². The summed E-state index contributed by atoms with van der Waals surface area (Å²) in [6, 6.07) is -0.107. The fraction of sp³-hybridized carbons (Fsp3) is 0.846. The summed E-state index contributed by atoms with van der Waals surface area (Å²) in [6.07, 6.45) is 3.57. The quantitative estimate of drug-likeness (QED) is 0.529. The van der Waals surface area contributed by atoms with Crippen LogP contribution in [0, 0.1) is 11.3 Å². The van der Waals surface area contributed by atoms with E-state index in [9.17, 15) is 4.79 Å². The molecule has 0 radical (unpaired) electrons. The van der Waals surface area contributed by atoms with Crippen LogP contribution in [0.15, 0.2) is 0 Å². The van der Waals surface area contributed by atoms with E-state index in [1.165, 1.54) is 0 Å². The minimum absolute atomic E-state index is 0.0925. The van der Waals surface area contributed by atoms with Gasteiger partial charge in [-0.05, 0) is 45.4 Å². The van der Waals surface area contributed by atoms with Crippen molar-refractivity contribution in [2.45, 2.75) is 52.0 Å². The highest BCUT2D eigenvalue weighted by atomic mass is 16.2. The third-order valence-electron chi connectivity index (χ3n) is 4.04. The second-order valence-electron chi connectivity index (χ2n) is 5.28. The first kappa shape index (κ1) is 14.8. The molecule has 0 aromatic carbocycles. The van der Waals surface area contributed by atoms with Gasteiger partial charge in [-0.3, -0.25) is 5.41 Å². The summed E-state index contributed by atoms with van der Waals surface area (Å²) in [5.41, 5.74) is 5.11. The molecule has 1 rings (SSSR count). The Morgan fingerprint density at radius 2 is 1.89 bits per heavy atom. The van der Waals surface area contributed by atoms with E-state index in [2.05, 4.69) is 12.2 Å². The molecule has 2 amide bonds. The number of carbonyl (C=O) groups is 1. The number of nitrogens with one attached hydrogen (secondary N) is 2. The number of amidine groups is 1. The van der Waals surface area contributed by atoms with Gasteiger partial charge >= 0.3 is 6.03 Å². The predicted molar refractivity (Wildman–Crippen MR) is 73.7 cm³/mol. The van der Waals surface area contributed by atoms with Crippen molar-refractivity contribution in [2.24, 2.45) is 11.7 Å². The first-order chi connectivity index (χ1) is 8.45. The second-order valence-corrected chi connectivity index (χ2v) is 5.28. The maximum absolute atomic E-state index is 12.1. The molecule has 1 saturated carbocycles. The smallest absolute Gasteiger partial charge is 0.318 e. The normalized spacial score (nSPS) is 27.6. The summed E-state index contributed by atoms with van der Waals surface area (Å²) in [4.78, 5) is 13.9. The lowest BCUT2D eigenvalue weighted by molar-refractivity contribution is 0.182. The van der Waals surface area contributed by atoms with Gasteiger partial charge in [0.25, 0.3) is 0 Å². The van der Waals surface area contributed by atoms with E-state index in [0.717, 1.165) is 25.7 Å². The van der Waals surface area contributed by atoms with Crippen molar-refractivity contribution >= 4 is 11.9 Å². The molecule has 1 fully saturated rings. The zero-order valence-corrected chi connectivity index (χ0v) is 11.8. The van der Waals surface area contributed by atoms with Crippen LogP contribution >= 0.6 is 0 Å². The third kappa shape index (κ3) is 3.15. The molecule has 1 aliphatic rings. The number of hydrogen-bond acceptors (Lipinski definition) is 2. The Bertz CT molecular complexity index is 304. The average Bonchev–Trinajstić information content (AvgIpc) is 2.33. The van der Waals surface area contributed by atoms with Crippen LogP contribution in [0.5, 0.6) is 0 Å². The van der Waals surface area contributed by atoms with Gasteiger partial charge in [-0.1, -0.05) is 6.92 Å². The lowest BCUT2D eigenvalue weighted by atomic mass is 9.76. The molecule has 5 heteroatoms. The molecular weight excluding hydrogens is 228 g/mol. The van der Waals surface area contributed by atoms with E-state index in [0.29, 0.717) is 19.0 Å². The highest BCUT2D eigenvalue weighted by Gasteiger charge is 2.39. The molecule has 104 valence electrons. The molecule has 5 nitrogen and oxygen atoms in total. The predicted octanol–water partition coefficient (Wildman–Crippen LogP) is 1.92. The largest absolute Gasteiger partial charge is 0.386 e. The van der Waals surface area contributed by atoms with E-state index in [1.54, 1.807) is 4.90 Å². The van der Waals surface area contributed by atoms with Gasteiger partial charge in [0.1, 0.15) is 5.84 Å². The summed E-state index contributed by atoms with van der Waals surface area (Å²) in [5, 5.41) is 10.8. The molecule has 18 heavy (non-hydrogen) atoms. The average molecular weight is 254 g/mol. The zero-order chi connectivity index (χ0) is 13.8. The van der Waals surface area contributed by atoms with Gasteiger partial charge in [0, 0.05) is 13.1 Å². The van der Waals surface area contributed by atoms with E-state index >= 15 is 0 Å². The van der Waals surface area contributed by atoms with Crippen molar-refractivity contribution in [3.63, 3.8) is 0 Å². The van der Waals surface area contributed by atoms with Crippen molar-refractivity contribution in [1.82, 2.24) is 10.2 Å². The summed E-state index contributed by atoms with van der Waals surface area (Å²) in [6.45, 7) is 7.45. The van der Waals surface area contributed by atoms with Crippen LogP contribution in [-0.4, -0.2) is 35.4 Å². The van der Waals surface area contributed by atoms with Crippen molar-refractivity contribution in [2.75, 3.05) is 13.1 Å². The first-order valence-corrected chi connectivity index (χ1v) is 6.86. The summed E-state index contributed by atoms with van der Waals surface area (Å²) in [5.74, 6) is 0.748. The van der Waals surface area contributed by atoms with E-state index in [4.69, 9.17) is 11.1 Å². The Kier molecular flexibility index (Phi) is 4.99. The number of carbonyl (C=O) groups excluding carboxylic acids is 1. The van der Waals surface area contributed by atoms with E-state index in [-0.39, 0.29) is 11.9 Å². The highest BCUT2D eigenvalue weighted by molar-refractivity contribution is 5.91. The fourth-order valence-corrected chi connectivity index (χ4v) is 2.51. The van der Waals surface area contributed by atoms with Crippen LogP contribution in [0.3, 0.4) is 0 Å². The van der Waals surface area contributed by atoms with Crippen LogP contribution < -0.4 is 11.1 Å². The molecule has 0 aromatic heterocycles. The summed E-state index contributed by atoms with van der Waals surface area (Å²) < 4.78 is 0. The Hall–Kier alpha value is -1.26. The summed E-state index contributed by atoms with van der Waals surface area (Å²) >= 11 is 0. The third-order valence-corrected chi connectivity index (χ3v) is 4.04. The topological polar surface area (TPSA) is 82.2 Å². The molecule has 0 heterocycles. The van der Waals surface area contributed by atoms with Gasteiger partial charge < -0.3 is 16.0 Å². The number of rotatable bonds is 4. The molecule has 0 atom stereocenters. The van der Waals surface area contributed by atoms with Gasteiger partial charge in [0.15, 0.2) is 0 Å². The molecule has 1 aliphatic carbocycles. The highest BCUT2D eigenvalue weighted by Crippen LogP contribution is 2.32. The Morgan fingerprint density at radius 3 is 2.28 bits per heavy atom. The van der Waals surface area contributed by atoms with Crippen LogP contribution in [0.25, 0.3) is 0 Å². The van der Waals surface area contributed by atoms with Crippen molar-refractivity contribution in [3.8, 4) is 0 Å². The minimum Gasteiger partial charge on any atom is -0.386 e. The van der Waals surface area contributed by atoms with E-state index in [1.807, 2.05) is 13.8 Å².